The topological polar surface area (TPSA) is 101 Å². The highest BCUT2D eigenvalue weighted by molar-refractivity contribution is 7.87. The van der Waals surface area contributed by atoms with Crippen molar-refractivity contribution >= 4 is 22.2 Å². The van der Waals surface area contributed by atoms with Crippen LogP contribution in [0.15, 0.2) is 24.3 Å². The molecule has 1 atom stereocenters. The highest BCUT2D eigenvalue weighted by Gasteiger charge is 2.29. The SMILES string of the molecule is CC=Cc1cc(C(CCCCCCCC)S(=O)(=O)OCC(=O)O)ccc1[O]. The fraction of sp³-hybridized carbons (Fsp3) is 0.550. The molecule has 0 fully saturated rings. The highest BCUT2D eigenvalue weighted by Crippen LogP contribution is 2.33. The number of aliphatic carboxylic acids is 1. The second-order valence-electron chi connectivity index (χ2n) is 6.49. The Balaban J connectivity index is 2.99. The third-order valence-corrected chi connectivity index (χ3v) is 5.92. The molecule has 0 amide bonds. The number of rotatable bonds is 13. The number of hydrogen-bond donors (Lipinski definition) is 1. The zero-order valence-corrected chi connectivity index (χ0v) is 16.8. The molecule has 1 N–H and O–H groups in total. The van der Waals surface area contributed by atoms with E-state index in [1.54, 1.807) is 25.1 Å². The molecule has 0 aliphatic rings. The highest BCUT2D eigenvalue weighted by atomic mass is 32.2. The molecule has 0 aromatic heterocycles. The number of benzene rings is 1. The number of carboxylic acid groups (broad SMARTS) is 1. The van der Waals surface area contributed by atoms with Crippen LogP contribution in [-0.2, 0) is 24.2 Å². The van der Waals surface area contributed by atoms with Gasteiger partial charge in [-0.15, -0.1) is 0 Å². The summed E-state index contributed by atoms with van der Waals surface area (Å²) in [5.41, 5.74) is 0.845. The van der Waals surface area contributed by atoms with Crippen LogP contribution in [0.1, 0.15) is 75.2 Å². The van der Waals surface area contributed by atoms with Crippen LogP contribution in [-0.4, -0.2) is 26.1 Å². The van der Waals surface area contributed by atoms with Crippen molar-refractivity contribution in [2.45, 2.75) is 64.0 Å². The zero-order chi connectivity index (χ0) is 20.3. The Kier molecular flexibility index (Phi) is 10.1. The molecule has 0 saturated carbocycles. The fourth-order valence-electron chi connectivity index (χ4n) is 2.88. The summed E-state index contributed by atoms with van der Waals surface area (Å²) in [7, 11) is -4.12. The quantitative estimate of drug-likeness (QED) is 0.369. The first kappa shape index (κ1) is 23.2. The van der Waals surface area contributed by atoms with Crippen molar-refractivity contribution in [3.05, 3.63) is 35.4 Å². The van der Waals surface area contributed by atoms with Gasteiger partial charge in [-0.3, -0.25) is 9.29 Å². The maximum atomic E-state index is 12.6. The smallest absolute Gasteiger partial charge is 0.331 e. The van der Waals surface area contributed by atoms with E-state index in [1.165, 1.54) is 12.1 Å². The summed E-state index contributed by atoms with van der Waals surface area (Å²) in [6.45, 7) is 2.99. The van der Waals surface area contributed by atoms with Crippen LogP contribution in [0, 0.1) is 0 Å². The van der Waals surface area contributed by atoms with Crippen LogP contribution >= 0.6 is 0 Å². The molecule has 0 saturated heterocycles. The summed E-state index contributed by atoms with van der Waals surface area (Å²) in [5, 5.41) is 19.6. The van der Waals surface area contributed by atoms with Gasteiger partial charge in [0, 0.05) is 5.56 Å². The van der Waals surface area contributed by atoms with Crippen molar-refractivity contribution in [2.24, 2.45) is 0 Å². The van der Waals surface area contributed by atoms with E-state index in [2.05, 4.69) is 6.92 Å². The van der Waals surface area contributed by atoms with Crippen molar-refractivity contribution < 1.29 is 27.6 Å². The Labute approximate surface area is 162 Å². The van der Waals surface area contributed by atoms with Crippen molar-refractivity contribution in [3.63, 3.8) is 0 Å². The fourth-order valence-corrected chi connectivity index (χ4v) is 4.24. The van der Waals surface area contributed by atoms with Crippen molar-refractivity contribution in [2.75, 3.05) is 6.61 Å². The molecule has 1 rings (SSSR count). The second-order valence-corrected chi connectivity index (χ2v) is 8.28. The van der Waals surface area contributed by atoms with Crippen LogP contribution < -0.4 is 0 Å². The van der Waals surface area contributed by atoms with Crippen LogP contribution in [0.3, 0.4) is 0 Å². The number of hydrogen-bond acceptors (Lipinski definition) is 4. The lowest BCUT2D eigenvalue weighted by molar-refractivity contribution is -0.139. The number of allylic oxidation sites excluding steroid dienone is 1. The minimum Gasteiger partial charge on any atom is -0.479 e. The molecule has 0 bridgehead atoms. The van der Waals surface area contributed by atoms with Crippen molar-refractivity contribution in [1.29, 1.82) is 0 Å². The molecule has 151 valence electrons. The lowest BCUT2D eigenvalue weighted by Gasteiger charge is -2.18. The van der Waals surface area contributed by atoms with Gasteiger partial charge in [0.15, 0.2) is 12.4 Å². The molecule has 6 nitrogen and oxygen atoms in total. The van der Waals surface area contributed by atoms with E-state index in [-0.39, 0.29) is 5.75 Å². The average molecular weight is 398 g/mol. The molecule has 1 radical (unpaired) electrons. The Hall–Kier alpha value is -1.86. The van der Waals surface area contributed by atoms with Crippen LogP contribution in [0.5, 0.6) is 5.75 Å². The predicted molar refractivity (Wildman–Crippen MR) is 105 cm³/mol. The van der Waals surface area contributed by atoms with E-state index >= 15 is 0 Å². The number of carboxylic acids is 1. The first-order valence-electron chi connectivity index (χ1n) is 9.35. The largest absolute Gasteiger partial charge is 0.479 e. The molecule has 0 aliphatic carbocycles. The summed E-state index contributed by atoms with van der Waals surface area (Å²) in [4.78, 5) is 10.7. The predicted octanol–water partition coefficient (Wildman–Crippen LogP) is 5.09. The van der Waals surface area contributed by atoms with Gasteiger partial charge >= 0.3 is 5.97 Å². The van der Waals surface area contributed by atoms with Crippen LogP contribution in [0.2, 0.25) is 0 Å². The van der Waals surface area contributed by atoms with Gasteiger partial charge in [-0.1, -0.05) is 63.7 Å². The minimum atomic E-state index is -4.12. The van der Waals surface area contributed by atoms with E-state index in [1.807, 2.05) is 0 Å². The summed E-state index contributed by atoms with van der Waals surface area (Å²) in [6, 6.07) is 4.37. The Morgan fingerprint density at radius 3 is 2.48 bits per heavy atom. The van der Waals surface area contributed by atoms with E-state index in [4.69, 9.17) is 9.29 Å². The zero-order valence-electron chi connectivity index (χ0n) is 16.0. The summed E-state index contributed by atoms with van der Waals surface area (Å²) < 4.78 is 29.9. The van der Waals surface area contributed by atoms with Gasteiger partial charge in [0.25, 0.3) is 10.1 Å². The lowest BCUT2D eigenvalue weighted by atomic mass is 10.0. The molecule has 0 spiro atoms. The Bertz CT molecular complexity index is 724. The molecule has 1 aromatic carbocycles. The summed E-state index contributed by atoms with van der Waals surface area (Å²) >= 11 is 0. The van der Waals surface area contributed by atoms with Crippen molar-refractivity contribution in [3.8, 4) is 5.75 Å². The van der Waals surface area contributed by atoms with E-state index in [0.29, 0.717) is 24.0 Å². The normalized spacial score (nSPS) is 13.1. The summed E-state index contributed by atoms with van der Waals surface area (Å²) in [6.07, 6.45) is 9.66. The molecular weight excluding hydrogens is 368 g/mol. The van der Waals surface area contributed by atoms with Gasteiger partial charge in [-0.2, -0.15) is 8.42 Å². The van der Waals surface area contributed by atoms with E-state index in [9.17, 15) is 18.3 Å². The Morgan fingerprint density at radius 1 is 1.19 bits per heavy atom. The van der Waals surface area contributed by atoms with Gasteiger partial charge in [0.2, 0.25) is 0 Å². The third-order valence-electron chi connectivity index (χ3n) is 4.27. The molecule has 0 heterocycles. The molecular formula is C20H29O6S. The monoisotopic (exact) mass is 397 g/mol. The van der Waals surface area contributed by atoms with Gasteiger partial charge in [-0.05, 0) is 31.0 Å². The summed E-state index contributed by atoms with van der Waals surface area (Å²) in [5.74, 6) is -1.54. The minimum absolute atomic E-state index is 0.195. The maximum absolute atomic E-state index is 12.6. The Morgan fingerprint density at radius 2 is 1.85 bits per heavy atom. The van der Waals surface area contributed by atoms with Crippen molar-refractivity contribution in [1.82, 2.24) is 0 Å². The first-order chi connectivity index (χ1) is 12.8. The molecule has 1 aromatic rings. The second kappa shape index (κ2) is 11.8. The van der Waals surface area contributed by atoms with E-state index < -0.39 is 27.9 Å². The van der Waals surface area contributed by atoms with Gasteiger partial charge in [-0.25, -0.2) is 4.79 Å². The standard InChI is InChI=1S/C20H29O6S/c1-3-5-6-7-8-9-11-19(27(24,25)26-15-20(22)23)17-12-13-18(21)16(14-17)10-4-2/h4,10,12-14,19H,3,5-9,11,15H2,1-2H3,(H,22,23). The average Bonchev–Trinajstić information content (AvgIpc) is 2.62. The third kappa shape index (κ3) is 8.13. The first-order valence-corrected chi connectivity index (χ1v) is 10.8. The number of carbonyl (C=O) groups is 1. The van der Waals surface area contributed by atoms with Gasteiger partial charge in [0.1, 0.15) is 5.25 Å². The molecule has 0 aliphatic heterocycles. The van der Waals surface area contributed by atoms with Gasteiger partial charge < -0.3 is 5.11 Å². The van der Waals surface area contributed by atoms with E-state index in [0.717, 1.165) is 32.1 Å². The molecule has 1 unspecified atom stereocenters. The number of unbranched alkanes of at least 4 members (excludes halogenated alkanes) is 5. The maximum Gasteiger partial charge on any atom is 0.331 e. The lowest BCUT2D eigenvalue weighted by Crippen LogP contribution is -2.20. The van der Waals surface area contributed by atoms with Crippen LogP contribution in [0.25, 0.3) is 6.08 Å². The van der Waals surface area contributed by atoms with Gasteiger partial charge in [0.05, 0.1) is 0 Å². The molecule has 7 heteroatoms. The van der Waals surface area contributed by atoms with Crippen LogP contribution in [0.4, 0.5) is 0 Å². The molecule has 27 heavy (non-hydrogen) atoms.